The highest BCUT2D eigenvalue weighted by atomic mass is 35.5. The second kappa shape index (κ2) is 7.34. The molecule has 2 rings (SSSR count). The fraction of sp³-hybridized carbons (Fsp3) is 0.188. The SMILES string of the molecule is CCC(=O)Nc1ccc(NCc2c(Cl)cccc2Cl)cc1. The number of anilines is 2. The molecule has 0 aliphatic carbocycles. The van der Waals surface area contributed by atoms with Crippen LogP contribution in [0.3, 0.4) is 0 Å². The third kappa shape index (κ3) is 4.38. The summed E-state index contributed by atoms with van der Waals surface area (Å²) in [5.74, 6) is -0.00133. The molecule has 0 aliphatic rings. The topological polar surface area (TPSA) is 41.1 Å². The van der Waals surface area contributed by atoms with Crippen LogP contribution in [0.25, 0.3) is 0 Å². The predicted octanol–water partition coefficient (Wildman–Crippen LogP) is 4.95. The van der Waals surface area contributed by atoms with Crippen molar-refractivity contribution in [2.24, 2.45) is 0 Å². The number of benzene rings is 2. The number of rotatable bonds is 5. The van der Waals surface area contributed by atoms with Crippen LogP contribution in [-0.2, 0) is 11.3 Å². The minimum Gasteiger partial charge on any atom is -0.381 e. The van der Waals surface area contributed by atoms with Crippen molar-refractivity contribution < 1.29 is 4.79 Å². The highest BCUT2D eigenvalue weighted by Crippen LogP contribution is 2.25. The van der Waals surface area contributed by atoms with Crippen molar-refractivity contribution in [3.8, 4) is 0 Å². The number of nitrogens with one attached hydrogen (secondary N) is 2. The summed E-state index contributed by atoms with van der Waals surface area (Å²) in [6.07, 6.45) is 0.463. The van der Waals surface area contributed by atoms with Crippen LogP contribution in [0.2, 0.25) is 10.0 Å². The van der Waals surface area contributed by atoms with E-state index in [9.17, 15) is 4.79 Å². The maximum atomic E-state index is 11.3. The van der Waals surface area contributed by atoms with Gasteiger partial charge in [0.25, 0.3) is 0 Å². The molecule has 0 bridgehead atoms. The van der Waals surface area contributed by atoms with Gasteiger partial charge >= 0.3 is 0 Å². The minimum absolute atomic E-state index is 0.00133. The third-order valence-corrected chi connectivity index (χ3v) is 3.73. The van der Waals surface area contributed by atoms with Crippen LogP contribution in [0.1, 0.15) is 18.9 Å². The Morgan fingerprint density at radius 2 is 1.57 bits per heavy atom. The number of hydrogen-bond acceptors (Lipinski definition) is 2. The Labute approximate surface area is 134 Å². The fourth-order valence-corrected chi connectivity index (χ4v) is 2.34. The highest BCUT2D eigenvalue weighted by molar-refractivity contribution is 6.36. The monoisotopic (exact) mass is 322 g/mol. The molecule has 0 heterocycles. The van der Waals surface area contributed by atoms with Gasteiger partial charge in [-0.25, -0.2) is 0 Å². The molecule has 0 unspecified atom stereocenters. The van der Waals surface area contributed by atoms with Gasteiger partial charge in [0.05, 0.1) is 0 Å². The molecule has 3 nitrogen and oxygen atoms in total. The van der Waals surface area contributed by atoms with E-state index in [1.165, 1.54) is 0 Å². The van der Waals surface area contributed by atoms with E-state index in [-0.39, 0.29) is 5.91 Å². The average Bonchev–Trinajstić information content (AvgIpc) is 2.48. The van der Waals surface area contributed by atoms with E-state index in [0.717, 1.165) is 16.9 Å². The zero-order valence-corrected chi connectivity index (χ0v) is 13.1. The van der Waals surface area contributed by atoms with Crippen LogP contribution in [0.5, 0.6) is 0 Å². The molecule has 2 aromatic rings. The van der Waals surface area contributed by atoms with Crippen molar-refractivity contribution in [1.82, 2.24) is 0 Å². The van der Waals surface area contributed by atoms with Crippen molar-refractivity contribution in [2.45, 2.75) is 19.9 Å². The lowest BCUT2D eigenvalue weighted by atomic mass is 10.2. The van der Waals surface area contributed by atoms with Crippen LogP contribution in [0.15, 0.2) is 42.5 Å². The molecule has 1 amide bonds. The van der Waals surface area contributed by atoms with Gasteiger partial charge in [-0.1, -0.05) is 36.2 Å². The second-order valence-electron chi connectivity index (χ2n) is 4.53. The summed E-state index contributed by atoms with van der Waals surface area (Å²) in [6, 6.07) is 12.9. The maximum Gasteiger partial charge on any atom is 0.224 e. The van der Waals surface area contributed by atoms with E-state index in [1.807, 2.05) is 49.4 Å². The van der Waals surface area contributed by atoms with Gasteiger partial charge in [0.15, 0.2) is 0 Å². The van der Waals surface area contributed by atoms with Gasteiger partial charge in [-0.15, -0.1) is 0 Å². The van der Waals surface area contributed by atoms with Crippen LogP contribution in [-0.4, -0.2) is 5.91 Å². The molecule has 0 spiro atoms. The van der Waals surface area contributed by atoms with Crippen LogP contribution in [0.4, 0.5) is 11.4 Å². The summed E-state index contributed by atoms with van der Waals surface area (Å²) in [6.45, 7) is 2.36. The van der Waals surface area contributed by atoms with E-state index in [1.54, 1.807) is 0 Å². The number of amides is 1. The summed E-state index contributed by atoms with van der Waals surface area (Å²) in [5.41, 5.74) is 2.58. The highest BCUT2D eigenvalue weighted by Gasteiger charge is 2.05. The molecule has 0 aliphatic heterocycles. The van der Waals surface area contributed by atoms with Crippen molar-refractivity contribution >= 4 is 40.5 Å². The Morgan fingerprint density at radius 3 is 2.14 bits per heavy atom. The molecule has 2 N–H and O–H groups in total. The molecule has 2 aromatic carbocycles. The zero-order valence-electron chi connectivity index (χ0n) is 11.6. The molecule has 110 valence electrons. The lowest BCUT2D eigenvalue weighted by molar-refractivity contribution is -0.115. The zero-order chi connectivity index (χ0) is 15.2. The molecule has 21 heavy (non-hydrogen) atoms. The Hall–Kier alpha value is -1.71. The van der Waals surface area contributed by atoms with Crippen molar-refractivity contribution in [1.29, 1.82) is 0 Å². The van der Waals surface area contributed by atoms with Gasteiger partial charge < -0.3 is 10.6 Å². The summed E-state index contributed by atoms with van der Waals surface area (Å²) in [5, 5.41) is 7.34. The molecule has 0 fully saturated rings. The average molecular weight is 323 g/mol. The molecule has 0 atom stereocenters. The third-order valence-electron chi connectivity index (χ3n) is 3.02. The maximum absolute atomic E-state index is 11.3. The van der Waals surface area contributed by atoms with E-state index < -0.39 is 0 Å². The lowest BCUT2D eigenvalue weighted by Crippen LogP contribution is -2.09. The molecule has 5 heteroatoms. The Morgan fingerprint density at radius 1 is 1.00 bits per heavy atom. The molecule has 0 aromatic heterocycles. The first kappa shape index (κ1) is 15.7. The first-order valence-electron chi connectivity index (χ1n) is 6.67. The molecular formula is C16H16Cl2N2O. The van der Waals surface area contributed by atoms with E-state index in [2.05, 4.69) is 10.6 Å². The number of carbonyl (C=O) groups excluding carboxylic acids is 1. The van der Waals surface area contributed by atoms with Gasteiger partial charge in [-0.2, -0.15) is 0 Å². The molecule has 0 radical (unpaired) electrons. The van der Waals surface area contributed by atoms with Crippen LogP contribution < -0.4 is 10.6 Å². The normalized spacial score (nSPS) is 10.2. The van der Waals surface area contributed by atoms with Gasteiger partial charge in [0.1, 0.15) is 0 Å². The van der Waals surface area contributed by atoms with Gasteiger partial charge in [-0.05, 0) is 36.4 Å². The Kier molecular flexibility index (Phi) is 5.48. The van der Waals surface area contributed by atoms with Crippen LogP contribution >= 0.6 is 23.2 Å². The quantitative estimate of drug-likeness (QED) is 0.817. The summed E-state index contributed by atoms with van der Waals surface area (Å²) in [7, 11) is 0. The lowest BCUT2D eigenvalue weighted by Gasteiger charge is -2.10. The molecule has 0 saturated carbocycles. The standard InChI is InChI=1S/C16H16Cl2N2O/c1-2-16(21)20-12-8-6-11(7-9-12)19-10-13-14(17)4-3-5-15(13)18/h3-9,19H,2,10H2,1H3,(H,20,21). The van der Waals surface area contributed by atoms with Gasteiger partial charge in [0.2, 0.25) is 5.91 Å². The van der Waals surface area contributed by atoms with E-state index in [0.29, 0.717) is 23.0 Å². The van der Waals surface area contributed by atoms with E-state index in [4.69, 9.17) is 23.2 Å². The molecule has 0 saturated heterocycles. The summed E-state index contributed by atoms with van der Waals surface area (Å²) >= 11 is 12.2. The Balaban J connectivity index is 1.99. The van der Waals surface area contributed by atoms with Crippen LogP contribution in [0, 0.1) is 0 Å². The Bertz CT molecular complexity index is 606. The minimum atomic E-state index is -0.00133. The summed E-state index contributed by atoms with van der Waals surface area (Å²) < 4.78 is 0. The predicted molar refractivity (Wildman–Crippen MR) is 89.2 cm³/mol. The van der Waals surface area contributed by atoms with Crippen molar-refractivity contribution in [3.63, 3.8) is 0 Å². The first-order chi connectivity index (χ1) is 10.1. The largest absolute Gasteiger partial charge is 0.381 e. The molecular weight excluding hydrogens is 307 g/mol. The second-order valence-corrected chi connectivity index (χ2v) is 5.35. The smallest absolute Gasteiger partial charge is 0.224 e. The fourth-order valence-electron chi connectivity index (χ4n) is 1.81. The first-order valence-corrected chi connectivity index (χ1v) is 7.42. The van der Waals surface area contributed by atoms with Crippen molar-refractivity contribution in [2.75, 3.05) is 10.6 Å². The van der Waals surface area contributed by atoms with Crippen molar-refractivity contribution in [3.05, 3.63) is 58.1 Å². The van der Waals surface area contributed by atoms with Gasteiger partial charge in [-0.3, -0.25) is 4.79 Å². The van der Waals surface area contributed by atoms with Gasteiger partial charge in [0, 0.05) is 39.9 Å². The number of halogens is 2. The number of carbonyl (C=O) groups is 1. The summed E-state index contributed by atoms with van der Waals surface area (Å²) in [4.78, 5) is 11.3. The van der Waals surface area contributed by atoms with E-state index >= 15 is 0 Å². The number of hydrogen-bond donors (Lipinski definition) is 2.